The minimum atomic E-state index is 0.551. The molecule has 1 saturated heterocycles. The Balaban J connectivity index is 2.01. The van der Waals surface area contributed by atoms with Crippen LogP contribution in [0.5, 0.6) is 0 Å². The van der Waals surface area contributed by atoms with Gasteiger partial charge in [0.05, 0.1) is 0 Å². The van der Waals surface area contributed by atoms with Crippen molar-refractivity contribution in [2.45, 2.75) is 39.3 Å². The summed E-state index contributed by atoms with van der Waals surface area (Å²) >= 11 is 0. The van der Waals surface area contributed by atoms with Gasteiger partial charge in [0, 0.05) is 31.4 Å². The molecule has 1 aromatic rings. The Morgan fingerprint density at radius 1 is 1.25 bits per heavy atom. The smallest absolute Gasteiger partial charge is 0.0369 e. The van der Waals surface area contributed by atoms with E-state index in [4.69, 9.17) is 0 Å². The molecular weight excluding hydrogens is 196 g/mol. The Morgan fingerprint density at radius 3 is 2.69 bits per heavy atom. The average Bonchev–Trinajstić information content (AvgIpc) is 2.80. The first-order valence-corrected chi connectivity index (χ1v) is 6.33. The summed E-state index contributed by atoms with van der Waals surface area (Å²) in [6.07, 6.45) is 2.68. The molecule has 1 aliphatic heterocycles. The standard InChI is InChI=1S/C14H22N2/c1-12(2)15-11-13-6-5-7-14(10-13)16-8-3-4-9-16/h5-7,10,12,15H,3-4,8-9,11H2,1-2H3. The van der Waals surface area contributed by atoms with Crippen LogP contribution in [0.3, 0.4) is 0 Å². The van der Waals surface area contributed by atoms with Crippen molar-refractivity contribution in [3.63, 3.8) is 0 Å². The number of anilines is 1. The molecule has 0 amide bonds. The van der Waals surface area contributed by atoms with Gasteiger partial charge in [0.15, 0.2) is 0 Å². The summed E-state index contributed by atoms with van der Waals surface area (Å²) in [6.45, 7) is 7.79. The molecule has 16 heavy (non-hydrogen) atoms. The molecule has 0 aliphatic carbocycles. The molecule has 0 atom stereocenters. The molecule has 0 radical (unpaired) electrons. The third kappa shape index (κ3) is 2.99. The van der Waals surface area contributed by atoms with Gasteiger partial charge in [0.1, 0.15) is 0 Å². The zero-order valence-corrected chi connectivity index (χ0v) is 10.4. The predicted molar refractivity (Wildman–Crippen MR) is 69.9 cm³/mol. The topological polar surface area (TPSA) is 15.3 Å². The second-order valence-electron chi connectivity index (χ2n) is 4.90. The zero-order chi connectivity index (χ0) is 11.4. The van der Waals surface area contributed by atoms with Gasteiger partial charge >= 0.3 is 0 Å². The first-order valence-electron chi connectivity index (χ1n) is 6.33. The fourth-order valence-corrected chi connectivity index (χ4v) is 2.16. The van der Waals surface area contributed by atoms with Crippen molar-refractivity contribution in [3.8, 4) is 0 Å². The monoisotopic (exact) mass is 218 g/mol. The van der Waals surface area contributed by atoms with Crippen molar-refractivity contribution >= 4 is 5.69 Å². The van der Waals surface area contributed by atoms with Gasteiger partial charge in [-0.25, -0.2) is 0 Å². The molecule has 2 nitrogen and oxygen atoms in total. The lowest BCUT2D eigenvalue weighted by molar-refractivity contribution is 0.589. The van der Waals surface area contributed by atoms with Crippen LogP contribution in [-0.2, 0) is 6.54 Å². The fraction of sp³-hybridized carbons (Fsp3) is 0.571. The molecule has 1 aliphatic rings. The van der Waals surface area contributed by atoms with E-state index in [9.17, 15) is 0 Å². The molecule has 1 aromatic carbocycles. The highest BCUT2D eigenvalue weighted by Crippen LogP contribution is 2.21. The van der Waals surface area contributed by atoms with Crippen LogP contribution in [0.1, 0.15) is 32.3 Å². The maximum absolute atomic E-state index is 3.46. The van der Waals surface area contributed by atoms with Gasteiger partial charge in [-0.3, -0.25) is 0 Å². The zero-order valence-electron chi connectivity index (χ0n) is 10.4. The molecule has 1 heterocycles. The van der Waals surface area contributed by atoms with Gasteiger partial charge in [0.25, 0.3) is 0 Å². The van der Waals surface area contributed by atoms with E-state index in [1.807, 2.05) is 0 Å². The van der Waals surface area contributed by atoms with Gasteiger partial charge in [-0.2, -0.15) is 0 Å². The van der Waals surface area contributed by atoms with Gasteiger partial charge in [0.2, 0.25) is 0 Å². The molecule has 0 aromatic heterocycles. The van der Waals surface area contributed by atoms with Gasteiger partial charge < -0.3 is 10.2 Å². The molecule has 88 valence electrons. The lowest BCUT2D eigenvalue weighted by atomic mass is 10.2. The lowest BCUT2D eigenvalue weighted by Crippen LogP contribution is -2.22. The highest BCUT2D eigenvalue weighted by molar-refractivity contribution is 5.49. The summed E-state index contributed by atoms with van der Waals surface area (Å²) in [7, 11) is 0. The van der Waals surface area contributed by atoms with Crippen LogP contribution in [0.15, 0.2) is 24.3 Å². The molecule has 0 bridgehead atoms. The number of nitrogens with one attached hydrogen (secondary N) is 1. The van der Waals surface area contributed by atoms with Gasteiger partial charge in [-0.15, -0.1) is 0 Å². The van der Waals surface area contributed by atoms with E-state index in [0.717, 1.165) is 6.54 Å². The summed E-state index contributed by atoms with van der Waals surface area (Å²) in [5.41, 5.74) is 2.78. The minimum Gasteiger partial charge on any atom is -0.372 e. The third-order valence-electron chi connectivity index (χ3n) is 3.10. The molecule has 2 rings (SSSR count). The first kappa shape index (κ1) is 11.5. The second kappa shape index (κ2) is 5.35. The van der Waals surface area contributed by atoms with Crippen LogP contribution in [0, 0.1) is 0 Å². The number of hydrogen-bond acceptors (Lipinski definition) is 2. The van der Waals surface area contributed by atoms with Crippen LogP contribution in [0.25, 0.3) is 0 Å². The molecule has 0 unspecified atom stereocenters. The van der Waals surface area contributed by atoms with Crippen LogP contribution < -0.4 is 10.2 Å². The van der Waals surface area contributed by atoms with Crippen LogP contribution in [0.4, 0.5) is 5.69 Å². The Labute approximate surface area is 98.7 Å². The van der Waals surface area contributed by atoms with Crippen LogP contribution in [-0.4, -0.2) is 19.1 Å². The maximum Gasteiger partial charge on any atom is 0.0369 e. The lowest BCUT2D eigenvalue weighted by Gasteiger charge is -2.18. The van der Waals surface area contributed by atoms with Crippen molar-refractivity contribution in [2.75, 3.05) is 18.0 Å². The molecule has 2 heteroatoms. The molecule has 1 N–H and O–H groups in total. The number of nitrogens with zero attached hydrogens (tertiary/aromatic N) is 1. The van der Waals surface area contributed by atoms with E-state index in [0.29, 0.717) is 6.04 Å². The largest absolute Gasteiger partial charge is 0.372 e. The first-order chi connectivity index (χ1) is 7.75. The van der Waals surface area contributed by atoms with Crippen molar-refractivity contribution in [2.24, 2.45) is 0 Å². The molecule has 0 spiro atoms. The number of benzene rings is 1. The number of hydrogen-bond donors (Lipinski definition) is 1. The third-order valence-corrected chi connectivity index (χ3v) is 3.10. The van der Waals surface area contributed by atoms with E-state index >= 15 is 0 Å². The van der Waals surface area contributed by atoms with E-state index < -0.39 is 0 Å². The summed E-state index contributed by atoms with van der Waals surface area (Å²) in [5.74, 6) is 0. The van der Waals surface area contributed by atoms with Crippen molar-refractivity contribution < 1.29 is 0 Å². The minimum absolute atomic E-state index is 0.551. The Morgan fingerprint density at radius 2 is 2.00 bits per heavy atom. The second-order valence-corrected chi connectivity index (χ2v) is 4.90. The normalized spacial score (nSPS) is 16.1. The maximum atomic E-state index is 3.46. The van der Waals surface area contributed by atoms with E-state index in [2.05, 4.69) is 48.3 Å². The summed E-state index contributed by atoms with van der Waals surface area (Å²) in [5, 5.41) is 3.46. The predicted octanol–water partition coefficient (Wildman–Crippen LogP) is 2.78. The van der Waals surface area contributed by atoms with Gasteiger partial charge in [-0.05, 0) is 30.5 Å². The molecule has 0 saturated carbocycles. The number of rotatable bonds is 4. The Kier molecular flexibility index (Phi) is 3.83. The van der Waals surface area contributed by atoms with Gasteiger partial charge in [-0.1, -0.05) is 26.0 Å². The fourth-order valence-electron chi connectivity index (χ4n) is 2.16. The van der Waals surface area contributed by atoms with E-state index in [-0.39, 0.29) is 0 Å². The van der Waals surface area contributed by atoms with Crippen molar-refractivity contribution in [1.82, 2.24) is 5.32 Å². The molecule has 1 fully saturated rings. The quantitative estimate of drug-likeness (QED) is 0.836. The Bertz CT molecular complexity index is 327. The van der Waals surface area contributed by atoms with E-state index in [1.165, 1.54) is 37.2 Å². The van der Waals surface area contributed by atoms with Crippen molar-refractivity contribution in [3.05, 3.63) is 29.8 Å². The van der Waals surface area contributed by atoms with Crippen LogP contribution >= 0.6 is 0 Å². The average molecular weight is 218 g/mol. The summed E-state index contributed by atoms with van der Waals surface area (Å²) < 4.78 is 0. The summed E-state index contributed by atoms with van der Waals surface area (Å²) in [6, 6.07) is 9.47. The highest BCUT2D eigenvalue weighted by Gasteiger charge is 2.12. The summed E-state index contributed by atoms with van der Waals surface area (Å²) in [4.78, 5) is 2.48. The Hall–Kier alpha value is -1.02. The molecular formula is C14H22N2. The van der Waals surface area contributed by atoms with Crippen LogP contribution in [0.2, 0.25) is 0 Å². The SMILES string of the molecule is CC(C)NCc1cccc(N2CCCC2)c1. The highest BCUT2D eigenvalue weighted by atomic mass is 15.1. The van der Waals surface area contributed by atoms with Crippen molar-refractivity contribution in [1.29, 1.82) is 0 Å². The van der Waals surface area contributed by atoms with E-state index in [1.54, 1.807) is 0 Å².